The monoisotopic (exact) mass is 371 g/mol. The fraction of sp³-hybridized carbons (Fsp3) is 0.250. The summed E-state index contributed by atoms with van der Waals surface area (Å²) in [5.74, 6) is -1.15. The smallest absolute Gasteiger partial charge is 0.270 e. The van der Waals surface area contributed by atoms with Gasteiger partial charge in [0.25, 0.3) is 5.91 Å². The average Bonchev–Trinajstić information content (AvgIpc) is 2.66. The van der Waals surface area contributed by atoms with Gasteiger partial charge in [0.15, 0.2) is 0 Å². The number of nitrogens with zero attached hydrogens (tertiary/aromatic N) is 3. The van der Waals surface area contributed by atoms with E-state index in [0.29, 0.717) is 12.3 Å². The van der Waals surface area contributed by atoms with Crippen molar-refractivity contribution in [3.63, 3.8) is 0 Å². The molecule has 0 fully saturated rings. The Morgan fingerprint density at radius 3 is 2.15 bits per heavy atom. The Morgan fingerprint density at radius 1 is 1.00 bits per heavy atom. The van der Waals surface area contributed by atoms with Crippen LogP contribution in [0.1, 0.15) is 24.0 Å². The molecule has 0 atom stereocenters. The minimum absolute atomic E-state index is 0.178. The molecule has 0 radical (unpaired) electrons. The van der Waals surface area contributed by atoms with Crippen LogP contribution in [0.4, 0.5) is 8.78 Å². The van der Waals surface area contributed by atoms with Crippen LogP contribution in [-0.2, 0) is 22.7 Å². The first-order chi connectivity index (χ1) is 12.9. The van der Waals surface area contributed by atoms with E-state index in [-0.39, 0.29) is 42.8 Å². The molecule has 0 bridgehead atoms. The number of hydrogen-bond acceptors (Lipinski definition) is 3. The van der Waals surface area contributed by atoms with Gasteiger partial charge in [-0.05, 0) is 35.4 Å². The van der Waals surface area contributed by atoms with Crippen LogP contribution in [-0.4, -0.2) is 34.5 Å². The van der Waals surface area contributed by atoms with E-state index in [4.69, 9.17) is 0 Å². The van der Waals surface area contributed by atoms with E-state index in [1.54, 1.807) is 31.3 Å². The van der Waals surface area contributed by atoms with Gasteiger partial charge in [-0.25, -0.2) is 13.8 Å². The van der Waals surface area contributed by atoms with Crippen LogP contribution < -0.4 is 0 Å². The molecule has 0 saturated heterocycles. The Hall–Kier alpha value is -3.09. The Kier molecular flexibility index (Phi) is 5.59. The lowest BCUT2D eigenvalue weighted by atomic mass is 10.1. The third kappa shape index (κ3) is 4.75. The SMILES string of the molecule is CN(Cc1ccc(F)cc1)C(=O)C1=NN(Cc2ccc(F)cc2)C(=O)CC1. The second-order valence-electron chi connectivity index (χ2n) is 6.41. The number of carbonyl (C=O) groups is 2. The maximum atomic E-state index is 13.0. The topological polar surface area (TPSA) is 53.0 Å². The van der Waals surface area contributed by atoms with Crippen LogP contribution in [0.2, 0.25) is 0 Å². The maximum absolute atomic E-state index is 13.0. The molecule has 3 rings (SSSR count). The van der Waals surface area contributed by atoms with Gasteiger partial charge in [0, 0.05) is 26.4 Å². The second-order valence-corrected chi connectivity index (χ2v) is 6.41. The lowest BCUT2D eigenvalue weighted by Gasteiger charge is -2.25. The van der Waals surface area contributed by atoms with E-state index in [1.807, 2.05) is 0 Å². The third-order valence-corrected chi connectivity index (χ3v) is 4.28. The van der Waals surface area contributed by atoms with E-state index in [1.165, 1.54) is 34.2 Å². The second kappa shape index (κ2) is 8.07. The predicted octanol–water partition coefficient (Wildman–Crippen LogP) is 3.10. The first-order valence-electron chi connectivity index (χ1n) is 8.54. The Bertz CT molecular complexity index is 864. The summed E-state index contributed by atoms with van der Waals surface area (Å²) in [6.45, 7) is 0.488. The average molecular weight is 371 g/mol. The maximum Gasteiger partial charge on any atom is 0.270 e. The van der Waals surface area contributed by atoms with Gasteiger partial charge < -0.3 is 4.90 Å². The molecule has 0 saturated carbocycles. The van der Waals surface area contributed by atoms with Gasteiger partial charge in [-0.15, -0.1) is 0 Å². The molecule has 0 spiro atoms. The predicted molar refractivity (Wildman–Crippen MR) is 96.5 cm³/mol. The molecule has 1 aliphatic heterocycles. The van der Waals surface area contributed by atoms with Gasteiger partial charge in [0.1, 0.15) is 17.3 Å². The summed E-state index contributed by atoms with van der Waals surface area (Å²) in [4.78, 5) is 26.2. The number of rotatable bonds is 5. The van der Waals surface area contributed by atoms with Crippen molar-refractivity contribution in [2.45, 2.75) is 25.9 Å². The van der Waals surface area contributed by atoms with Crippen LogP contribution in [0.5, 0.6) is 0 Å². The van der Waals surface area contributed by atoms with Crippen LogP contribution in [0.3, 0.4) is 0 Å². The number of hydrazone groups is 1. The molecular weight excluding hydrogens is 352 g/mol. The normalized spacial score (nSPS) is 14.1. The van der Waals surface area contributed by atoms with Crippen LogP contribution in [0, 0.1) is 11.6 Å². The van der Waals surface area contributed by atoms with Gasteiger partial charge in [-0.1, -0.05) is 24.3 Å². The van der Waals surface area contributed by atoms with Crippen molar-refractivity contribution in [1.29, 1.82) is 0 Å². The van der Waals surface area contributed by atoms with E-state index < -0.39 is 0 Å². The fourth-order valence-electron chi connectivity index (χ4n) is 2.80. The molecule has 140 valence electrons. The van der Waals surface area contributed by atoms with Crippen molar-refractivity contribution in [2.24, 2.45) is 5.10 Å². The summed E-state index contributed by atoms with van der Waals surface area (Å²) in [7, 11) is 1.63. The van der Waals surface area contributed by atoms with Crippen LogP contribution in [0.25, 0.3) is 0 Å². The summed E-state index contributed by atoms with van der Waals surface area (Å²) < 4.78 is 26.0. The first-order valence-corrected chi connectivity index (χ1v) is 8.54. The number of hydrogen-bond donors (Lipinski definition) is 0. The molecule has 7 heteroatoms. The summed E-state index contributed by atoms with van der Waals surface area (Å²) in [5.41, 5.74) is 1.81. The lowest BCUT2D eigenvalue weighted by molar-refractivity contribution is -0.132. The molecule has 5 nitrogen and oxygen atoms in total. The molecular formula is C20H19F2N3O2. The molecule has 2 amide bonds. The standard InChI is InChI=1S/C20H19F2N3O2/c1-24(12-14-2-6-16(21)7-3-14)20(27)18-10-11-19(26)25(23-18)13-15-4-8-17(22)9-5-15/h2-9H,10-13H2,1H3. The molecule has 0 N–H and O–H groups in total. The summed E-state index contributed by atoms with van der Waals surface area (Å²) in [5, 5.41) is 5.46. The Balaban J connectivity index is 1.70. The molecule has 2 aromatic rings. The van der Waals surface area contributed by atoms with Gasteiger partial charge in [0.05, 0.1) is 6.54 Å². The fourth-order valence-corrected chi connectivity index (χ4v) is 2.80. The van der Waals surface area contributed by atoms with Gasteiger partial charge in [0.2, 0.25) is 5.91 Å². The van der Waals surface area contributed by atoms with E-state index in [0.717, 1.165) is 11.1 Å². The van der Waals surface area contributed by atoms with Crippen LogP contribution in [0.15, 0.2) is 53.6 Å². The van der Waals surface area contributed by atoms with Gasteiger partial charge in [-0.2, -0.15) is 5.10 Å². The zero-order valence-corrected chi connectivity index (χ0v) is 14.9. The molecule has 2 aromatic carbocycles. The van der Waals surface area contributed by atoms with Crippen molar-refractivity contribution in [3.05, 3.63) is 71.3 Å². The number of amides is 2. The highest BCUT2D eigenvalue weighted by atomic mass is 19.1. The number of benzene rings is 2. The van der Waals surface area contributed by atoms with Gasteiger partial charge in [-0.3, -0.25) is 9.59 Å². The van der Waals surface area contributed by atoms with E-state index in [9.17, 15) is 18.4 Å². The summed E-state index contributed by atoms with van der Waals surface area (Å²) >= 11 is 0. The van der Waals surface area contributed by atoms with Crippen molar-refractivity contribution in [2.75, 3.05) is 7.05 Å². The molecule has 0 unspecified atom stereocenters. The number of halogens is 2. The molecule has 1 aliphatic rings. The van der Waals surface area contributed by atoms with E-state index in [2.05, 4.69) is 5.10 Å². The minimum atomic E-state index is -0.356. The summed E-state index contributed by atoms with van der Waals surface area (Å²) in [6, 6.07) is 11.7. The molecule has 1 heterocycles. The molecule has 0 aliphatic carbocycles. The minimum Gasteiger partial charge on any atom is -0.336 e. The number of carbonyl (C=O) groups excluding carboxylic acids is 2. The molecule has 27 heavy (non-hydrogen) atoms. The lowest BCUT2D eigenvalue weighted by Crippen LogP contribution is -2.39. The third-order valence-electron chi connectivity index (χ3n) is 4.28. The highest BCUT2D eigenvalue weighted by Gasteiger charge is 2.26. The van der Waals surface area contributed by atoms with Crippen molar-refractivity contribution < 1.29 is 18.4 Å². The quantitative estimate of drug-likeness (QED) is 0.811. The summed E-state index contributed by atoms with van der Waals surface area (Å²) in [6.07, 6.45) is 0.460. The van der Waals surface area contributed by atoms with E-state index >= 15 is 0 Å². The van der Waals surface area contributed by atoms with Crippen molar-refractivity contribution >= 4 is 17.5 Å². The Morgan fingerprint density at radius 2 is 1.56 bits per heavy atom. The van der Waals surface area contributed by atoms with Crippen LogP contribution >= 0.6 is 0 Å². The van der Waals surface area contributed by atoms with Crippen molar-refractivity contribution in [3.8, 4) is 0 Å². The van der Waals surface area contributed by atoms with Crippen molar-refractivity contribution in [1.82, 2.24) is 9.91 Å². The highest BCUT2D eigenvalue weighted by molar-refractivity contribution is 6.39. The zero-order chi connectivity index (χ0) is 19.4. The zero-order valence-electron chi connectivity index (χ0n) is 14.9. The largest absolute Gasteiger partial charge is 0.336 e. The first kappa shape index (κ1) is 18.7. The molecule has 0 aromatic heterocycles. The van der Waals surface area contributed by atoms with Gasteiger partial charge >= 0.3 is 0 Å². The Labute approximate surface area is 155 Å². The highest BCUT2D eigenvalue weighted by Crippen LogP contribution is 2.16.